The van der Waals surface area contributed by atoms with Crippen LogP contribution in [0.2, 0.25) is 0 Å². The summed E-state index contributed by atoms with van der Waals surface area (Å²) in [7, 11) is 0. The van der Waals surface area contributed by atoms with Crippen LogP contribution in [-0.4, -0.2) is 41.1 Å². The largest absolute Gasteiger partial charge is 0.383 e. The third kappa shape index (κ3) is 4.95. The maximum absolute atomic E-state index is 13.0. The summed E-state index contributed by atoms with van der Waals surface area (Å²) in [6.07, 6.45) is 5.95. The first-order chi connectivity index (χ1) is 15.5. The Labute approximate surface area is 188 Å². The van der Waals surface area contributed by atoms with Crippen molar-refractivity contribution in [3.8, 4) is 11.1 Å². The number of aryl methyl sites for hydroxylation is 2. The van der Waals surface area contributed by atoms with Crippen molar-refractivity contribution in [2.24, 2.45) is 0 Å². The number of nitrogen functional groups attached to an aromatic ring is 1. The van der Waals surface area contributed by atoms with E-state index in [1.54, 1.807) is 24.7 Å². The molecule has 0 bridgehead atoms. The van der Waals surface area contributed by atoms with Gasteiger partial charge in [0.25, 0.3) is 5.91 Å². The number of ether oxygens (including phenoxy) is 1. The normalized spacial score (nSPS) is 17.9. The quantitative estimate of drug-likeness (QED) is 0.532. The fourth-order valence-electron chi connectivity index (χ4n) is 3.98. The molecule has 3 aromatic rings. The van der Waals surface area contributed by atoms with Gasteiger partial charge >= 0.3 is 0 Å². The number of hydrogen-bond acceptors (Lipinski definition) is 6. The lowest BCUT2D eigenvalue weighted by Gasteiger charge is -2.21. The van der Waals surface area contributed by atoms with Gasteiger partial charge in [0.1, 0.15) is 5.82 Å². The van der Waals surface area contributed by atoms with Crippen molar-refractivity contribution in [2.45, 2.75) is 39.0 Å². The number of anilines is 1. The molecule has 4 rings (SSSR count). The van der Waals surface area contributed by atoms with Crippen molar-refractivity contribution >= 4 is 11.7 Å². The van der Waals surface area contributed by atoms with E-state index in [0.717, 1.165) is 23.1 Å². The number of carbonyl (C=O) groups excluding carboxylic acids is 1. The number of carbonyl (C=O) groups is 1. The van der Waals surface area contributed by atoms with Crippen LogP contribution in [0.25, 0.3) is 11.1 Å². The summed E-state index contributed by atoms with van der Waals surface area (Å²) in [5.74, 6) is -0.0488. The monoisotopic (exact) mass is 431 g/mol. The van der Waals surface area contributed by atoms with Crippen molar-refractivity contribution in [3.63, 3.8) is 0 Å². The molecule has 0 spiro atoms. The zero-order chi connectivity index (χ0) is 22.5. The minimum absolute atomic E-state index is 0.122. The highest BCUT2D eigenvalue weighted by atomic mass is 16.5. The van der Waals surface area contributed by atoms with E-state index in [4.69, 9.17) is 10.5 Å². The van der Waals surface area contributed by atoms with Crippen LogP contribution in [0.1, 0.15) is 34.0 Å². The number of rotatable bonds is 7. The van der Waals surface area contributed by atoms with E-state index < -0.39 is 0 Å². The fraction of sp³-hybridized carbons (Fsp3) is 0.320. The summed E-state index contributed by atoms with van der Waals surface area (Å²) in [6.45, 7) is 6.11. The van der Waals surface area contributed by atoms with Gasteiger partial charge in [-0.25, -0.2) is 4.98 Å². The molecule has 166 valence electrons. The molecule has 7 heteroatoms. The maximum atomic E-state index is 13.0. The molecular weight excluding hydrogens is 402 g/mol. The first-order valence-corrected chi connectivity index (χ1v) is 10.9. The van der Waals surface area contributed by atoms with Gasteiger partial charge in [0.2, 0.25) is 0 Å². The first kappa shape index (κ1) is 21.9. The van der Waals surface area contributed by atoms with Crippen LogP contribution < -0.4 is 16.4 Å². The molecule has 1 aliphatic rings. The molecule has 0 aliphatic carbocycles. The van der Waals surface area contributed by atoms with Crippen LogP contribution in [0.4, 0.5) is 5.82 Å². The highest BCUT2D eigenvalue weighted by molar-refractivity contribution is 5.99. The zero-order valence-corrected chi connectivity index (χ0v) is 18.5. The highest BCUT2D eigenvalue weighted by Gasteiger charge is 2.30. The smallest absolute Gasteiger partial charge is 0.255 e. The number of amides is 1. The Morgan fingerprint density at radius 2 is 2.00 bits per heavy atom. The van der Waals surface area contributed by atoms with Gasteiger partial charge in [-0.15, -0.1) is 0 Å². The van der Waals surface area contributed by atoms with Crippen molar-refractivity contribution < 1.29 is 9.53 Å². The minimum Gasteiger partial charge on any atom is -0.383 e. The molecule has 3 heterocycles. The summed E-state index contributed by atoms with van der Waals surface area (Å²) in [4.78, 5) is 21.3. The second kappa shape index (κ2) is 9.89. The predicted molar refractivity (Wildman–Crippen MR) is 125 cm³/mol. The van der Waals surface area contributed by atoms with E-state index in [9.17, 15) is 4.79 Å². The van der Waals surface area contributed by atoms with E-state index in [1.807, 2.05) is 12.1 Å². The molecule has 1 amide bonds. The van der Waals surface area contributed by atoms with E-state index in [2.05, 4.69) is 52.6 Å². The van der Waals surface area contributed by atoms with Gasteiger partial charge in [0.15, 0.2) is 0 Å². The zero-order valence-electron chi connectivity index (χ0n) is 18.5. The molecule has 0 radical (unpaired) electrons. The maximum Gasteiger partial charge on any atom is 0.255 e. The summed E-state index contributed by atoms with van der Waals surface area (Å²) in [5, 5.41) is 6.38. The highest BCUT2D eigenvalue weighted by Crippen LogP contribution is 2.22. The Morgan fingerprint density at radius 1 is 1.19 bits per heavy atom. The molecule has 1 aromatic carbocycles. The van der Waals surface area contributed by atoms with Crippen LogP contribution in [0.5, 0.6) is 0 Å². The fourth-order valence-corrected chi connectivity index (χ4v) is 3.98. The van der Waals surface area contributed by atoms with Gasteiger partial charge in [-0.2, -0.15) is 0 Å². The second-order valence-corrected chi connectivity index (χ2v) is 8.09. The van der Waals surface area contributed by atoms with E-state index >= 15 is 0 Å². The molecule has 4 N–H and O–H groups in total. The lowest BCUT2D eigenvalue weighted by atomic mass is 10.0. The van der Waals surface area contributed by atoms with Gasteiger partial charge < -0.3 is 21.1 Å². The molecule has 2 aromatic heterocycles. The van der Waals surface area contributed by atoms with Crippen molar-refractivity contribution in [1.82, 2.24) is 20.6 Å². The summed E-state index contributed by atoms with van der Waals surface area (Å²) >= 11 is 0. The first-order valence-electron chi connectivity index (χ1n) is 10.9. The van der Waals surface area contributed by atoms with Gasteiger partial charge in [-0.1, -0.05) is 25.1 Å². The average Bonchev–Trinajstić information content (AvgIpc) is 3.26. The van der Waals surface area contributed by atoms with E-state index in [0.29, 0.717) is 25.3 Å². The third-order valence-corrected chi connectivity index (χ3v) is 5.91. The summed E-state index contributed by atoms with van der Waals surface area (Å²) in [6, 6.07) is 11.8. The number of nitrogens with two attached hydrogens (primary N) is 1. The second-order valence-electron chi connectivity index (χ2n) is 8.09. The SMILES string of the molecule is CCc1cc(CO[C@H]2CNCC2NC(=O)c2cc(-c3ccncc3)cnc2N)ccc1C. The van der Waals surface area contributed by atoms with E-state index in [-0.39, 0.29) is 23.9 Å². The number of nitrogens with one attached hydrogen (secondary N) is 2. The molecule has 0 saturated carbocycles. The minimum atomic E-state index is -0.253. The molecule has 1 aliphatic heterocycles. The van der Waals surface area contributed by atoms with Crippen LogP contribution in [0, 0.1) is 6.92 Å². The number of hydrogen-bond donors (Lipinski definition) is 3. The Balaban J connectivity index is 1.42. The topological polar surface area (TPSA) is 102 Å². The Kier molecular flexibility index (Phi) is 6.78. The van der Waals surface area contributed by atoms with Crippen LogP contribution in [0.15, 0.2) is 55.0 Å². The van der Waals surface area contributed by atoms with Crippen molar-refractivity contribution in [3.05, 3.63) is 77.2 Å². The van der Waals surface area contributed by atoms with Crippen molar-refractivity contribution in [1.29, 1.82) is 0 Å². The average molecular weight is 432 g/mol. The molecule has 1 saturated heterocycles. The Hall–Kier alpha value is -3.29. The van der Waals surface area contributed by atoms with Gasteiger partial charge in [-0.05, 0) is 53.8 Å². The molecule has 32 heavy (non-hydrogen) atoms. The lowest BCUT2D eigenvalue weighted by Crippen LogP contribution is -2.44. The van der Waals surface area contributed by atoms with Gasteiger partial charge in [-0.3, -0.25) is 9.78 Å². The number of nitrogens with zero attached hydrogens (tertiary/aromatic N) is 2. The van der Waals surface area contributed by atoms with Gasteiger partial charge in [0.05, 0.1) is 24.3 Å². The standard InChI is InChI=1S/C25H29N5O2/c1-3-18-10-17(5-4-16(18)2)15-32-23-14-28-13-22(23)30-25(31)21-11-20(12-29-24(21)26)19-6-8-27-9-7-19/h4-12,22-23,28H,3,13-15H2,1-2H3,(H2,26,29)(H,30,31)/t22?,23-/m0/s1. The third-order valence-electron chi connectivity index (χ3n) is 5.91. The predicted octanol–water partition coefficient (Wildman–Crippen LogP) is 2.88. The Bertz CT molecular complexity index is 1090. The number of pyridine rings is 2. The van der Waals surface area contributed by atoms with Crippen molar-refractivity contribution in [2.75, 3.05) is 18.8 Å². The van der Waals surface area contributed by atoms with Crippen LogP contribution in [0.3, 0.4) is 0 Å². The number of benzene rings is 1. The molecule has 7 nitrogen and oxygen atoms in total. The van der Waals surface area contributed by atoms with Gasteiger partial charge in [0, 0.05) is 37.2 Å². The summed E-state index contributed by atoms with van der Waals surface area (Å²) in [5.41, 5.74) is 11.9. The molecule has 1 fully saturated rings. The number of aromatic nitrogens is 2. The molecule has 1 unspecified atom stereocenters. The van der Waals surface area contributed by atoms with Crippen LogP contribution >= 0.6 is 0 Å². The Morgan fingerprint density at radius 3 is 2.78 bits per heavy atom. The lowest BCUT2D eigenvalue weighted by molar-refractivity contribution is 0.0357. The molecular formula is C25H29N5O2. The van der Waals surface area contributed by atoms with E-state index in [1.165, 1.54) is 11.1 Å². The molecule has 2 atom stereocenters. The summed E-state index contributed by atoms with van der Waals surface area (Å²) < 4.78 is 6.17. The van der Waals surface area contributed by atoms with Crippen LogP contribution in [-0.2, 0) is 17.8 Å².